The van der Waals surface area contributed by atoms with Crippen LogP contribution in [0.2, 0.25) is 0 Å². The van der Waals surface area contributed by atoms with Crippen molar-refractivity contribution < 1.29 is 9.90 Å². The van der Waals surface area contributed by atoms with Crippen LogP contribution in [0.15, 0.2) is 48.7 Å². The first-order valence-corrected chi connectivity index (χ1v) is 8.34. The molecule has 1 aliphatic heterocycles. The van der Waals surface area contributed by atoms with E-state index in [0.29, 0.717) is 6.42 Å². The number of carbonyl (C=O) groups excluding carboxylic acids is 1. The van der Waals surface area contributed by atoms with E-state index in [0.717, 1.165) is 37.4 Å². The Kier molecular flexibility index (Phi) is 5.11. The molecule has 0 aliphatic carbocycles. The maximum absolute atomic E-state index is 12.4. The quantitative estimate of drug-likeness (QED) is 0.937. The highest BCUT2D eigenvalue weighted by molar-refractivity contribution is 5.79. The van der Waals surface area contributed by atoms with E-state index in [1.807, 2.05) is 35.4 Å². The van der Waals surface area contributed by atoms with E-state index in [9.17, 15) is 9.90 Å². The number of aromatic nitrogens is 1. The number of carbonyl (C=O) groups is 1. The first kappa shape index (κ1) is 16.5. The summed E-state index contributed by atoms with van der Waals surface area (Å²) in [5, 5.41) is 9.50. The van der Waals surface area contributed by atoms with Crippen LogP contribution in [0.3, 0.4) is 0 Å². The first-order valence-electron chi connectivity index (χ1n) is 8.34. The van der Waals surface area contributed by atoms with Crippen LogP contribution in [0.25, 0.3) is 0 Å². The number of phenolic OH excluding ortho intramolecular Hbond substituents is 1. The van der Waals surface area contributed by atoms with E-state index in [4.69, 9.17) is 0 Å². The summed E-state index contributed by atoms with van der Waals surface area (Å²) in [6.45, 7) is 5.32. The molecule has 0 unspecified atom stereocenters. The second-order valence-electron chi connectivity index (χ2n) is 6.19. The SMILES string of the molecule is C[C@H](c1ccccn1)N1CCN(C(=O)Cc2cccc(O)c2)CC1. The molecule has 1 amide bonds. The Hall–Kier alpha value is -2.40. The fourth-order valence-electron chi connectivity index (χ4n) is 3.12. The van der Waals surface area contributed by atoms with E-state index in [-0.39, 0.29) is 17.7 Å². The van der Waals surface area contributed by atoms with Crippen LogP contribution in [0.1, 0.15) is 24.2 Å². The molecule has 2 aromatic rings. The summed E-state index contributed by atoms with van der Waals surface area (Å²) >= 11 is 0. The number of pyridine rings is 1. The summed E-state index contributed by atoms with van der Waals surface area (Å²) in [7, 11) is 0. The van der Waals surface area contributed by atoms with Gasteiger partial charge in [0.1, 0.15) is 5.75 Å². The van der Waals surface area contributed by atoms with Crippen molar-refractivity contribution in [3.05, 3.63) is 59.9 Å². The Morgan fingerprint density at radius 1 is 1.17 bits per heavy atom. The Bertz CT molecular complexity index is 682. The molecule has 1 aliphatic rings. The van der Waals surface area contributed by atoms with Crippen molar-refractivity contribution in [2.45, 2.75) is 19.4 Å². The number of aromatic hydroxyl groups is 1. The minimum Gasteiger partial charge on any atom is -0.508 e. The molecule has 126 valence electrons. The lowest BCUT2D eigenvalue weighted by molar-refractivity contribution is -0.132. The Balaban J connectivity index is 1.54. The standard InChI is InChI=1S/C19H23N3O2/c1-15(18-7-2-3-8-20-18)21-9-11-22(12-10-21)19(24)14-16-5-4-6-17(23)13-16/h2-8,13,15,23H,9-12,14H2,1H3/t15-/m1/s1. The smallest absolute Gasteiger partial charge is 0.227 e. The van der Waals surface area contributed by atoms with Crippen molar-refractivity contribution in [3.63, 3.8) is 0 Å². The van der Waals surface area contributed by atoms with Gasteiger partial charge < -0.3 is 10.0 Å². The van der Waals surface area contributed by atoms with Crippen molar-refractivity contribution in [2.24, 2.45) is 0 Å². The third kappa shape index (κ3) is 3.92. The van der Waals surface area contributed by atoms with Crippen LogP contribution < -0.4 is 0 Å². The van der Waals surface area contributed by atoms with Gasteiger partial charge in [-0.3, -0.25) is 14.7 Å². The predicted octanol–water partition coefficient (Wildman–Crippen LogP) is 2.24. The normalized spacial score (nSPS) is 16.8. The molecule has 24 heavy (non-hydrogen) atoms. The summed E-state index contributed by atoms with van der Waals surface area (Å²) in [5.74, 6) is 0.319. The predicted molar refractivity (Wildman–Crippen MR) is 92.6 cm³/mol. The zero-order chi connectivity index (χ0) is 16.9. The topological polar surface area (TPSA) is 56.7 Å². The summed E-state index contributed by atoms with van der Waals surface area (Å²) < 4.78 is 0. The number of rotatable bonds is 4. The fourth-order valence-corrected chi connectivity index (χ4v) is 3.12. The minimum atomic E-state index is 0.116. The Morgan fingerprint density at radius 3 is 2.62 bits per heavy atom. The van der Waals surface area contributed by atoms with Crippen LogP contribution in [0, 0.1) is 0 Å². The number of hydrogen-bond acceptors (Lipinski definition) is 4. The number of amides is 1. The lowest BCUT2D eigenvalue weighted by Crippen LogP contribution is -2.49. The molecule has 0 spiro atoms. The van der Waals surface area contributed by atoms with Crippen LogP contribution in [-0.4, -0.2) is 52.0 Å². The molecule has 2 heterocycles. The monoisotopic (exact) mass is 325 g/mol. The van der Waals surface area contributed by atoms with Gasteiger partial charge in [0.05, 0.1) is 12.1 Å². The lowest BCUT2D eigenvalue weighted by Gasteiger charge is -2.37. The van der Waals surface area contributed by atoms with Gasteiger partial charge in [0, 0.05) is 38.4 Å². The molecule has 1 saturated heterocycles. The third-order valence-corrected chi connectivity index (χ3v) is 4.60. The number of benzene rings is 1. The lowest BCUT2D eigenvalue weighted by atomic mass is 10.1. The van der Waals surface area contributed by atoms with Gasteiger partial charge >= 0.3 is 0 Å². The van der Waals surface area contributed by atoms with Crippen molar-refractivity contribution in [3.8, 4) is 5.75 Å². The molecular formula is C19H23N3O2. The second kappa shape index (κ2) is 7.45. The van der Waals surface area contributed by atoms with E-state index >= 15 is 0 Å². The van der Waals surface area contributed by atoms with Gasteiger partial charge in [-0.05, 0) is 36.8 Å². The van der Waals surface area contributed by atoms with Gasteiger partial charge in [0.15, 0.2) is 0 Å². The molecule has 1 fully saturated rings. The summed E-state index contributed by atoms with van der Waals surface area (Å²) in [5.41, 5.74) is 1.92. The molecule has 1 atom stereocenters. The molecule has 1 aromatic carbocycles. The van der Waals surface area contributed by atoms with Crippen LogP contribution >= 0.6 is 0 Å². The molecule has 5 heteroatoms. The zero-order valence-electron chi connectivity index (χ0n) is 13.9. The van der Waals surface area contributed by atoms with Crippen LogP contribution in [-0.2, 0) is 11.2 Å². The fraction of sp³-hybridized carbons (Fsp3) is 0.368. The van der Waals surface area contributed by atoms with Crippen LogP contribution in [0.5, 0.6) is 5.75 Å². The van der Waals surface area contributed by atoms with Crippen molar-refractivity contribution in [2.75, 3.05) is 26.2 Å². The molecule has 5 nitrogen and oxygen atoms in total. The minimum absolute atomic E-state index is 0.116. The van der Waals surface area contributed by atoms with Gasteiger partial charge in [-0.2, -0.15) is 0 Å². The Labute approximate surface area is 142 Å². The maximum Gasteiger partial charge on any atom is 0.227 e. The largest absolute Gasteiger partial charge is 0.508 e. The first-order chi connectivity index (χ1) is 11.6. The van der Waals surface area contributed by atoms with Gasteiger partial charge in [-0.25, -0.2) is 0 Å². The highest BCUT2D eigenvalue weighted by Gasteiger charge is 2.25. The molecule has 0 radical (unpaired) electrons. The van der Waals surface area contributed by atoms with Crippen molar-refractivity contribution in [1.82, 2.24) is 14.8 Å². The number of hydrogen-bond donors (Lipinski definition) is 1. The average Bonchev–Trinajstić information content (AvgIpc) is 2.62. The van der Waals surface area contributed by atoms with Crippen molar-refractivity contribution >= 4 is 5.91 Å². The molecular weight excluding hydrogens is 302 g/mol. The Morgan fingerprint density at radius 2 is 1.96 bits per heavy atom. The van der Waals surface area contributed by atoms with Gasteiger partial charge in [0.2, 0.25) is 5.91 Å². The number of nitrogens with zero attached hydrogens (tertiary/aromatic N) is 3. The molecule has 1 N–H and O–H groups in total. The summed E-state index contributed by atoms with van der Waals surface area (Å²) in [4.78, 5) is 21.1. The summed E-state index contributed by atoms with van der Waals surface area (Å²) in [6, 6.07) is 13.1. The van der Waals surface area contributed by atoms with Crippen LogP contribution in [0.4, 0.5) is 0 Å². The van der Waals surface area contributed by atoms with E-state index in [2.05, 4.69) is 16.8 Å². The highest BCUT2D eigenvalue weighted by atomic mass is 16.3. The van der Waals surface area contributed by atoms with Crippen molar-refractivity contribution in [1.29, 1.82) is 0 Å². The average molecular weight is 325 g/mol. The molecule has 0 bridgehead atoms. The highest BCUT2D eigenvalue weighted by Crippen LogP contribution is 2.20. The molecule has 0 saturated carbocycles. The maximum atomic E-state index is 12.4. The van der Waals surface area contributed by atoms with Gasteiger partial charge in [-0.1, -0.05) is 18.2 Å². The van der Waals surface area contributed by atoms with E-state index in [1.54, 1.807) is 18.2 Å². The van der Waals surface area contributed by atoms with Gasteiger partial charge in [0.25, 0.3) is 0 Å². The molecule has 1 aromatic heterocycles. The summed E-state index contributed by atoms with van der Waals surface area (Å²) in [6.07, 6.45) is 2.16. The van der Waals surface area contributed by atoms with E-state index in [1.165, 1.54) is 0 Å². The number of piperazine rings is 1. The van der Waals surface area contributed by atoms with Gasteiger partial charge in [-0.15, -0.1) is 0 Å². The van der Waals surface area contributed by atoms with E-state index < -0.39 is 0 Å². The zero-order valence-corrected chi connectivity index (χ0v) is 13.9. The second-order valence-corrected chi connectivity index (χ2v) is 6.19. The number of phenols is 1. The molecule has 3 rings (SSSR count). The third-order valence-electron chi connectivity index (χ3n) is 4.60.